The summed E-state index contributed by atoms with van der Waals surface area (Å²) in [6.45, 7) is 7.59. The van der Waals surface area contributed by atoms with Gasteiger partial charge in [0.25, 0.3) is 0 Å². The van der Waals surface area contributed by atoms with Crippen LogP contribution in [0.5, 0.6) is 0 Å². The smallest absolute Gasteiger partial charge is 0.228 e. The zero-order valence-corrected chi connectivity index (χ0v) is 11.7. The van der Waals surface area contributed by atoms with Crippen molar-refractivity contribution in [2.75, 3.05) is 26.3 Å². The molecule has 2 saturated heterocycles. The number of amides is 1. The first-order valence-corrected chi connectivity index (χ1v) is 7.30. The van der Waals surface area contributed by atoms with Crippen molar-refractivity contribution in [2.24, 2.45) is 5.92 Å². The summed E-state index contributed by atoms with van der Waals surface area (Å²) in [6.07, 6.45) is 4.43. The van der Waals surface area contributed by atoms with Gasteiger partial charge in [0.05, 0.1) is 12.5 Å². The van der Waals surface area contributed by atoms with E-state index in [4.69, 9.17) is 4.74 Å². The lowest BCUT2D eigenvalue weighted by molar-refractivity contribution is -0.141. The Morgan fingerprint density at radius 3 is 2.78 bits per heavy atom. The summed E-state index contributed by atoms with van der Waals surface area (Å²) in [4.78, 5) is 14.6. The van der Waals surface area contributed by atoms with E-state index in [2.05, 4.69) is 19.2 Å². The van der Waals surface area contributed by atoms with Crippen molar-refractivity contribution < 1.29 is 9.53 Å². The fourth-order valence-electron chi connectivity index (χ4n) is 2.88. The van der Waals surface area contributed by atoms with Crippen LogP contribution in [0, 0.1) is 5.92 Å². The van der Waals surface area contributed by atoms with Gasteiger partial charge in [-0.1, -0.05) is 0 Å². The summed E-state index contributed by atoms with van der Waals surface area (Å²) in [5, 5.41) is 3.47. The highest BCUT2D eigenvalue weighted by molar-refractivity contribution is 5.79. The molecule has 0 bridgehead atoms. The fraction of sp³-hybridized carbons (Fsp3) is 0.929. The highest BCUT2D eigenvalue weighted by atomic mass is 16.5. The van der Waals surface area contributed by atoms with Gasteiger partial charge >= 0.3 is 0 Å². The third-order valence-electron chi connectivity index (χ3n) is 4.00. The minimum absolute atomic E-state index is 0.0857. The summed E-state index contributed by atoms with van der Waals surface area (Å²) in [5.41, 5.74) is 0. The van der Waals surface area contributed by atoms with Gasteiger partial charge in [0.15, 0.2) is 0 Å². The first-order chi connectivity index (χ1) is 8.68. The van der Waals surface area contributed by atoms with Gasteiger partial charge in [-0.3, -0.25) is 4.79 Å². The SMILES string of the molecule is CC(C)N(CC1CCCN1)C(=O)C1CCCOC1. The summed E-state index contributed by atoms with van der Waals surface area (Å²) in [7, 11) is 0. The number of nitrogens with zero attached hydrogens (tertiary/aromatic N) is 1. The van der Waals surface area contributed by atoms with E-state index in [0.717, 1.165) is 32.5 Å². The molecule has 2 rings (SSSR count). The number of carbonyl (C=O) groups is 1. The monoisotopic (exact) mass is 254 g/mol. The second-order valence-corrected chi connectivity index (χ2v) is 5.79. The molecule has 1 amide bonds. The molecule has 4 heteroatoms. The quantitative estimate of drug-likeness (QED) is 0.824. The lowest BCUT2D eigenvalue weighted by Gasteiger charge is -2.34. The van der Waals surface area contributed by atoms with E-state index < -0.39 is 0 Å². The maximum atomic E-state index is 12.5. The Labute approximate surface area is 110 Å². The predicted octanol–water partition coefficient (Wildman–Crippen LogP) is 1.40. The third-order valence-corrected chi connectivity index (χ3v) is 4.00. The number of hydrogen-bond donors (Lipinski definition) is 1. The molecule has 0 aromatic heterocycles. The van der Waals surface area contributed by atoms with Crippen LogP contribution in [0.1, 0.15) is 39.5 Å². The van der Waals surface area contributed by atoms with Crippen molar-refractivity contribution in [2.45, 2.75) is 51.6 Å². The molecule has 2 unspecified atom stereocenters. The topological polar surface area (TPSA) is 41.6 Å². The van der Waals surface area contributed by atoms with Gasteiger partial charge in [-0.25, -0.2) is 0 Å². The van der Waals surface area contributed by atoms with Crippen LogP contribution >= 0.6 is 0 Å². The normalized spacial score (nSPS) is 28.6. The van der Waals surface area contributed by atoms with Crippen LogP contribution in [0.2, 0.25) is 0 Å². The average Bonchev–Trinajstić information content (AvgIpc) is 2.89. The Morgan fingerprint density at radius 1 is 1.39 bits per heavy atom. The molecule has 0 saturated carbocycles. The minimum atomic E-state index is 0.0857. The van der Waals surface area contributed by atoms with E-state index in [0.29, 0.717) is 18.6 Å². The lowest BCUT2D eigenvalue weighted by atomic mass is 9.99. The summed E-state index contributed by atoms with van der Waals surface area (Å²) in [5.74, 6) is 0.376. The molecule has 2 aliphatic rings. The highest BCUT2D eigenvalue weighted by Crippen LogP contribution is 2.19. The molecule has 0 spiro atoms. The van der Waals surface area contributed by atoms with Crippen molar-refractivity contribution in [3.05, 3.63) is 0 Å². The Kier molecular flexibility index (Phi) is 5.01. The summed E-state index contributed by atoms with van der Waals surface area (Å²) < 4.78 is 5.44. The average molecular weight is 254 g/mol. The van der Waals surface area contributed by atoms with Crippen molar-refractivity contribution in [3.63, 3.8) is 0 Å². The van der Waals surface area contributed by atoms with E-state index in [1.54, 1.807) is 0 Å². The minimum Gasteiger partial charge on any atom is -0.381 e. The first-order valence-electron chi connectivity index (χ1n) is 7.30. The van der Waals surface area contributed by atoms with Crippen molar-refractivity contribution in [1.29, 1.82) is 0 Å². The molecule has 0 aromatic carbocycles. The second kappa shape index (κ2) is 6.53. The molecule has 2 aliphatic heterocycles. The van der Waals surface area contributed by atoms with Gasteiger partial charge in [0, 0.05) is 25.2 Å². The van der Waals surface area contributed by atoms with Gasteiger partial charge in [-0.05, 0) is 46.1 Å². The molecule has 2 atom stereocenters. The van der Waals surface area contributed by atoms with Gasteiger partial charge in [0.2, 0.25) is 5.91 Å². The molecular weight excluding hydrogens is 228 g/mol. The molecule has 104 valence electrons. The first kappa shape index (κ1) is 13.8. The lowest BCUT2D eigenvalue weighted by Crippen LogP contribution is -2.48. The van der Waals surface area contributed by atoms with E-state index in [1.807, 2.05) is 4.90 Å². The highest BCUT2D eigenvalue weighted by Gasteiger charge is 2.30. The van der Waals surface area contributed by atoms with Crippen molar-refractivity contribution >= 4 is 5.91 Å². The van der Waals surface area contributed by atoms with Crippen LogP contribution in [0.3, 0.4) is 0 Å². The van der Waals surface area contributed by atoms with Crippen LogP contribution in [0.4, 0.5) is 0 Å². The van der Waals surface area contributed by atoms with Crippen LogP contribution in [-0.4, -0.2) is 49.2 Å². The fourth-order valence-corrected chi connectivity index (χ4v) is 2.88. The molecule has 18 heavy (non-hydrogen) atoms. The standard InChI is InChI=1S/C14H26N2O2/c1-11(2)16(9-13-6-3-7-15-13)14(17)12-5-4-8-18-10-12/h11-13,15H,3-10H2,1-2H3. The molecule has 2 heterocycles. The Hall–Kier alpha value is -0.610. The van der Waals surface area contributed by atoms with E-state index in [1.165, 1.54) is 12.8 Å². The van der Waals surface area contributed by atoms with Crippen LogP contribution < -0.4 is 5.32 Å². The van der Waals surface area contributed by atoms with Crippen molar-refractivity contribution in [1.82, 2.24) is 10.2 Å². The summed E-state index contributed by atoms with van der Waals surface area (Å²) in [6, 6.07) is 0.766. The summed E-state index contributed by atoms with van der Waals surface area (Å²) >= 11 is 0. The maximum Gasteiger partial charge on any atom is 0.228 e. The number of carbonyl (C=O) groups excluding carboxylic acids is 1. The molecular formula is C14H26N2O2. The Bertz CT molecular complexity index is 269. The zero-order chi connectivity index (χ0) is 13.0. The van der Waals surface area contributed by atoms with Crippen molar-refractivity contribution in [3.8, 4) is 0 Å². The predicted molar refractivity (Wildman–Crippen MR) is 71.4 cm³/mol. The van der Waals surface area contributed by atoms with Crippen LogP contribution in [-0.2, 0) is 9.53 Å². The molecule has 1 N–H and O–H groups in total. The molecule has 2 fully saturated rings. The molecule has 0 aliphatic carbocycles. The van der Waals surface area contributed by atoms with Gasteiger partial charge in [-0.2, -0.15) is 0 Å². The van der Waals surface area contributed by atoms with Crippen LogP contribution in [0.25, 0.3) is 0 Å². The van der Waals surface area contributed by atoms with Crippen LogP contribution in [0.15, 0.2) is 0 Å². The zero-order valence-electron chi connectivity index (χ0n) is 11.7. The largest absolute Gasteiger partial charge is 0.381 e. The third kappa shape index (κ3) is 3.45. The molecule has 4 nitrogen and oxygen atoms in total. The molecule has 0 radical (unpaired) electrons. The Morgan fingerprint density at radius 2 is 2.22 bits per heavy atom. The number of nitrogens with one attached hydrogen (secondary N) is 1. The molecule has 0 aromatic rings. The second-order valence-electron chi connectivity index (χ2n) is 5.79. The van der Waals surface area contributed by atoms with Gasteiger partial charge in [0.1, 0.15) is 0 Å². The van der Waals surface area contributed by atoms with E-state index >= 15 is 0 Å². The number of ether oxygens (including phenoxy) is 1. The maximum absolute atomic E-state index is 12.5. The van der Waals surface area contributed by atoms with E-state index in [9.17, 15) is 4.79 Å². The number of rotatable bonds is 4. The van der Waals surface area contributed by atoms with Gasteiger partial charge in [-0.15, -0.1) is 0 Å². The Balaban J connectivity index is 1.92. The van der Waals surface area contributed by atoms with Gasteiger partial charge < -0.3 is 15.0 Å². The van der Waals surface area contributed by atoms with E-state index in [-0.39, 0.29) is 12.0 Å². The number of hydrogen-bond acceptors (Lipinski definition) is 3.